The highest BCUT2D eigenvalue weighted by Crippen LogP contribution is 2.45. The normalized spacial score (nSPS) is 17.8. The number of hydrogen-bond donors (Lipinski definition) is 1. The number of amides is 2. The molecule has 0 bridgehead atoms. The van der Waals surface area contributed by atoms with Crippen LogP contribution in [0.25, 0.3) is 0 Å². The van der Waals surface area contributed by atoms with Crippen LogP contribution in [0.2, 0.25) is 0 Å². The van der Waals surface area contributed by atoms with Crippen molar-refractivity contribution >= 4 is 23.1 Å². The lowest BCUT2D eigenvalue weighted by Gasteiger charge is -2.36. The zero-order chi connectivity index (χ0) is 21.5. The zero-order valence-corrected chi connectivity index (χ0v) is 17.6. The standard InChI is InChI=1S/C24H21F3N2OS/c25-15-7-5-14(6-8-15)22-23-18(17-3-1-2-4-21(17)31-23)11-12-29(22)24(30)28-20-10-9-16(26)13-19(20)27/h5-10,13,22H,1-4,11-12H2,(H,28,30)/t22-/m1/s1. The fourth-order valence-electron chi connectivity index (χ4n) is 4.62. The summed E-state index contributed by atoms with van der Waals surface area (Å²) in [7, 11) is 0. The Morgan fingerprint density at radius 3 is 2.45 bits per heavy atom. The molecular formula is C24H21F3N2OS. The molecule has 0 radical (unpaired) electrons. The van der Waals surface area contributed by atoms with Crippen LogP contribution in [0.3, 0.4) is 0 Å². The van der Waals surface area contributed by atoms with Gasteiger partial charge in [-0.2, -0.15) is 0 Å². The van der Waals surface area contributed by atoms with Crippen molar-refractivity contribution in [2.75, 3.05) is 11.9 Å². The Labute approximate surface area is 182 Å². The quantitative estimate of drug-likeness (QED) is 0.502. The molecule has 3 aromatic rings. The van der Waals surface area contributed by atoms with E-state index < -0.39 is 17.7 Å². The topological polar surface area (TPSA) is 32.3 Å². The number of carbonyl (C=O) groups excluding carboxylic acids is 1. The van der Waals surface area contributed by atoms with Gasteiger partial charge in [-0.25, -0.2) is 18.0 Å². The minimum Gasteiger partial charge on any atom is -0.312 e. The molecule has 31 heavy (non-hydrogen) atoms. The fraction of sp³-hybridized carbons (Fsp3) is 0.292. The van der Waals surface area contributed by atoms with E-state index in [1.54, 1.807) is 28.4 Å². The molecule has 1 aromatic heterocycles. The molecule has 2 aliphatic rings. The lowest BCUT2D eigenvalue weighted by atomic mass is 9.88. The molecule has 0 spiro atoms. The van der Waals surface area contributed by atoms with Crippen molar-refractivity contribution in [3.05, 3.63) is 86.4 Å². The van der Waals surface area contributed by atoms with E-state index in [2.05, 4.69) is 5.32 Å². The van der Waals surface area contributed by atoms with E-state index in [4.69, 9.17) is 0 Å². The fourth-order valence-corrected chi connectivity index (χ4v) is 6.21. The average Bonchev–Trinajstić information content (AvgIpc) is 3.14. The number of carbonyl (C=O) groups is 1. The molecule has 0 saturated heterocycles. The Balaban J connectivity index is 1.53. The second-order valence-electron chi connectivity index (χ2n) is 8.01. The molecule has 1 aliphatic carbocycles. The van der Waals surface area contributed by atoms with Gasteiger partial charge in [0.05, 0.1) is 11.7 Å². The van der Waals surface area contributed by atoms with Gasteiger partial charge in [0.2, 0.25) is 0 Å². The molecule has 7 heteroatoms. The molecule has 0 unspecified atom stereocenters. The Hall–Kier alpha value is -2.80. The van der Waals surface area contributed by atoms with Gasteiger partial charge in [-0.3, -0.25) is 0 Å². The third-order valence-electron chi connectivity index (χ3n) is 6.09. The maximum atomic E-state index is 14.1. The van der Waals surface area contributed by atoms with Gasteiger partial charge in [0.25, 0.3) is 0 Å². The average molecular weight is 443 g/mol. The number of benzene rings is 2. The molecule has 2 aromatic carbocycles. The predicted molar refractivity (Wildman–Crippen MR) is 115 cm³/mol. The minimum atomic E-state index is -0.823. The summed E-state index contributed by atoms with van der Waals surface area (Å²) in [5.74, 6) is -1.86. The molecule has 160 valence electrons. The highest BCUT2D eigenvalue weighted by Gasteiger charge is 2.36. The van der Waals surface area contributed by atoms with Crippen LogP contribution < -0.4 is 5.32 Å². The molecule has 0 saturated carbocycles. The van der Waals surface area contributed by atoms with Gasteiger partial charge in [0, 0.05) is 22.4 Å². The molecule has 1 atom stereocenters. The molecule has 0 fully saturated rings. The number of fused-ring (bicyclic) bond motifs is 3. The van der Waals surface area contributed by atoms with E-state index in [-0.39, 0.29) is 17.5 Å². The summed E-state index contributed by atoms with van der Waals surface area (Å²) in [6, 6.07) is 8.43. The highest BCUT2D eigenvalue weighted by molar-refractivity contribution is 7.12. The molecular weight excluding hydrogens is 421 g/mol. The SMILES string of the molecule is O=C(Nc1ccc(F)cc1F)N1CCc2c(sc3c2CCCC3)[C@H]1c1ccc(F)cc1. The number of rotatable bonds is 2. The third-order valence-corrected chi connectivity index (χ3v) is 7.48. The number of urea groups is 1. The van der Waals surface area contributed by atoms with Crippen molar-refractivity contribution in [1.82, 2.24) is 4.90 Å². The van der Waals surface area contributed by atoms with E-state index in [0.29, 0.717) is 6.54 Å². The first kappa shape index (κ1) is 20.1. The van der Waals surface area contributed by atoms with E-state index >= 15 is 0 Å². The van der Waals surface area contributed by atoms with Crippen LogP contribution in [-0.2, 0) is 19.3 Å². The van der Waals surface area contributed by atoms with Crippen LogP contribution in [0.5, 0.6) is 0 Å². The molecule has 1 N–H and O–H groups in total. The van der Waals surface area contributed by atoms with Crippen molar-refractivity contribution in [1.29, 1.82) is 0 Å². The molecule has 3 nitrogen and oxygen atoms in total. The van der Waals surface area contributed by atoms with Gasteiger partial charge in [-0.1, -0.05) is 12.1 Å². The maximum absolute atomic E-state index is 14.1. The third kappa shape index (κ3) is 3.71. The molecule has 5 rings (SSSR count). The lowest BCUT2D eigenvalue weighted by molar-refractivity contribution is 0.195. The van der Waals surface area contributed by atoms with Crippen LogP contribution in [0, 0.1) is 17.5 Å². The van der Waals surface area contributed by atoms with Crippen LogP contribution in [0.15, 0.2) is 42.5 Å². The first-order chi connectivity index (χ1) is 15.0. The van der Waals surface area contributed by atoms with Crippen LogP contribution in [-0.4, -0.2) is 17.5 Å². The first-order valence-electron chi connectivity index (χ1n) is 10.4. The summed E-state index contributed by atoms with van der Waals surface area (Å²) in [4.78, 5) is 17.4. The highest BCUT2D eigenvalue weighted by atomic mass is 32.1. The van der Waals surface area contributed by atoms with Crippen molar-refractivity contribution in [2.45, 2.75) is 38.1 Å². The minimum absolute atomic E-state index is 0.0690. The number of anilines is 1. The predicted octanol–water partition coefficient (Wildman–Crippen LogP) is 6.22. The van der Waals surface area contributed by atoms with E-state index in [1.807, 2.05) is 0 Å². The monoisotopic (exact) mass is 442 g/mol. The van der Waals surface area contributed by atoms with E-state index in [9.17, 15) is 18.0 Å². The summed E-state index contributed by atoms with van der Waals surface area (Å²) < 4.78 is 41.0. The van der Waals surface area contributed by atoms with Crippen LogP contribution in [0.4, 0.5) is 23.7 Å². The summed E-state index contributed by atoms with van der Waals surface area (Å²) in [6.07, 6.45) is 5.19. The van der Waals surface area contributed by atoms with Crippen molar-refractivity contribution in [3.63, 3.8) is 0 Å². The number of aryl methyl sites for hydroxylation is 1. The lowest BCUT2D eigenvalue weighted by Crippen LogP contribution is -2.42. The second-order valence-corrected chi connectivity index (χ2v) is 9.14. The summed E-state index contributed by atoms with van der Waals surface area (Å²) in [5, 5.41) is 2.59. The number of nitrogens with one attached hydrogen (secondary N) is 1. The van der Waals surface area contributed by atoms with Crippen molar-refractivity contribution < 1.29 is 18.0 Å². The Kier molecular flexibility index (Phi) is 5.22. The summed E-state index contributed by atoms with van der Waals surface area (Å²) in [5.41, 5.74) is 3.48. The van der Waals surface area contributed by atoms with Gasteiger partial charge < -0.3 is 10.2 Å². The van der Waals surface area contributed by atoms with Crippen molar-refractivity contribution in [3.8, 4) is 0 Å². The smallest absolute Gasteiger partial charge is 0.312 e. The van der Waals surface area contributed by atoms with Gasteiger partial charge in [0.1, 0.15) is 17.5 Å². The largest absolute Gasteiger partial charge is 0.322 e. The number of thiophene rings is 1. The van der Waals surface area contributed by atoms with Crippen LogP contribution in [0.1, 0.15) is 45.3 Å². The van der Waals surface area contributed by atoms with Crippen LogP contribution >= 0.6 is 11.3 Å². The summed E-state index contributed by atoms with van der Waals surface area (Å²) in [6.45, 7) is 0.465. The van der Waals surface area contributed by atoms with E-state index in [0.717, 1.165) is 41.8 Å². The van der Waals surface area contributed by atoms with E-state index in [1.165, 1.54) is 47.0 Å². The Bertz CT molecular complexity index is 1140. The van der Waals surface area contributed by atoms with Gasteiger partial charge in [-0.15, -0.1) is 11.3 Å². The Morgan fingerprint density at radius 1 is 0.935 bits per heavy atom. The van der Waals surface area contributed by atoms with Gasteiger partial charge >= 0.3 is 6.03 Å². The number of halogens is 3. The number of hydrogen-bond acceptors (Lipinski definition) is 2. The van der Waals surface area contributed by atoms with Gasteiger partial charge in [0.15, 0.2) is 0 Å². The van der Waals surface area contributed by atoms with Gasteiger partial charge in [-0.05, 0) is 73.1 Å². The first-order valence-corrected chi connectivity index (χ1v) is 11.2. The summed E-state index contributed by atoms with van der Waals surface area (Å²) >= 11 is 1.74. The maximum Gasteiger partial charge on any atom is 0.322 e. The number of nitrogens with zero attached hydrogens (tertiary/aromatic N) is 1. The molecule has 2 amide bonds. The van der Waals surface area contributed by atoms with Crippen molar-refractivity contribution in [2.24, 2.45) is 0 Å². The second kappa shape index (κ2) is 8.04. The Morgan fingerprint density at radius 2 is 1.68 bits per heavy atom. The zero-order valence-electron chi connectivity index (χ0n) is 16.8. The molecule has 1 aliphatic heterocycles. The molecule has 2 heterocycles.